The van der Waals surface area contributed by atoms with Crippen molar-refractivity contribution >= 4 is 0 Å². The first-order valence-corrected chi connectivity index (χ1v) is 3.54. The SMILES string of the molecule is COC1CCC=CC1C. The molecule has 1 aliphatic carbocycles. The molecule has 0 aliphatic heterocycles. The summed E-state index contributed by atoms with van der Waals surface area (Å²) in [6, 6.07) is 0. The lowest BCUT2D eigenvalue weighted by atomic mass is 9.94. The zero-order chi connectivity index (χ0) is 6.69. The van der Waals surface area contributed by atoms with Crippen LogP contribution in [-0.2, 0) is 4.74 Å². The van der Waals surface area contributed by atoms with Crippen LogP contribution in [0.3, 0.4) is 0 Å². The second-order valence-electron chi connectivity index (χ2n) is 2.64. The van der Waals surface area contributed by atoms with Gasteiger partial charge in [-0.2, -0.15) is 0 Å². The van der Waals surface area contributed by atoms with E-state index in [0.29, 0.717) is 12.0 Å². The minimum atomic E-state index is 0.468. The fourth-order valence-electron chi connectivity index (χ4n) is 1.29. The van der Waals surface area contributed by atoms with Crippen LogP contribution in [0.15, 0.2) is 12.2 Å². The van der Waals surface area contributed by atoms with Gasteiger partial charge in [-0.25, -0.2) is 0 Å². The van der Waals surface area contributed by atoms with E-state index in [2.05, 4.69) is 19.1 Å². The Kier molecular flexibility index (Phi) is 2.29. The number of rotatable bonds is 1. The van der Waals surface area contributed by atoms with Crippen LogP contribution in [0.1, 0.15) is 19.8 Å². The summed E-state index contributed by atoms with van der Waals surface area (Å²) in [6.45, 7) is 2.20. The first-order valence-electron chi connectivity index (χ1n) is 3.54. The van der Waals surface area contributed by atoms with Gasteiger partial charge in [0.05, 0.1) is 6.10 Å². The van der Waals surface area contributed by atoms with Crippen LogP contribution < -0.4 is 0 Å². The smallest absolute Gasteiger partial charge is 0.0634 e. The molecule has 1 rings (SSSR count). The monoisotopic (exact) mass is 126 g/mol. The van der Waals surface area contributed by atoms with Crippen molar-refractivity contribution in [1.29, 1.82) is 0 Å². The lowest BCUT2D eigenvalue weighted by molar-refractivity contribution is 0.0641. The van der Waals surface area contributed by atoms with E-state index in [1.807, 2.05) is 0 Å². The van der Waals surface area contributed by atoms with E-state index in [0.717, 1.165) is 0 Å². The molecule has 1 nitrogen and oxygen atoms in total. The lowest BCUT2D eigenvalue weighted by Crippen LogP contribution is -2.20. The average Bonchev–Trinajstić information content (AvgIpc) is 1.89. The van der Waals surface area contributed by atoms with E-state index in [4.69, 9.17) is 4.74 Å². The lowest BCUT2D eigenvalue weighted by Gasteiger charge is -2.22. The summed E-state index contributed by atoms with van der Waals surface area (Å²) < 4.78 is 5.25. The molecule has 0 aromatic rings. The van der Waals surface area contributed by atoms with Crippen molar-refractivity contribution in [3.63, 3.8) is 0 Å². The Morgan fingerprint density at radius 2 is 2.33 bits per heavy atom. The van der Waals surface area contributed by atoms with E-state index >= 15 is 0 Å². The molecule has 0 aromatic heterocycles. The maximum Gasteiger partial charge on any atom is 0.0634 e. The maximum atomic E-state index is 5.25. The van der Waals surface area contributed by atoms with Crippen LogP contribution in [0.5, 0.6) is 0 Å². The highest BCUT2D eigenvalue weighted by Gasteiger charge is 2.15. The van der Waals surface area contributed by atoms with Crippen molar-refractivity contribution in [2.45, 2.75) is 25.9 Å². The van der Waals surface area contributed by atoms with E-state index < -0.39 is 0 Å². The van der Waals surface area contributed by atoms with Gasteiger partial charge >= 0.3 is 0 Å². The first-order chi connectivity index (χ1) is 4.34. The summed E-state index contributed by atoms with van der Waals surface area (Å²) in [4.78, 5) is 0. The third-order valence-corrected chi connectivity index (χ3v) is 1.95. The number of ether oxygens (including phenoxy) is 1. The van der Waals surface area contributed by atoms with Crippen LogP contribution in [0.4, 0.5) is 0 Å². The number of hydrogen-bond acceptors (Lipinski definition) is 1. The van der Waals surface area contributed by atoms with Crippen molar-refractivity contribution < 1.29 is 4.74 Å². The summed E-state index contributed by atoms with van der Waals surface area (Å²) in [5.74, 6) is 0.615. The molecule has 2 atom stereocenters. The molecule has 52 valence electrons. The van der Waals surface area contributed by atoms with E-state index in [9.17, 15) is 0 Å². The zero-order valence-corrected chi connectivity index (χ0v) is 6.13. The topological polar surface area (TPSA) is 9.23 Å². The molecule has 2 unspecified atom stereocenters. The van der Waals surface area contributed by atoms with Gasteiger partial charge in [0.1, 0.15) is 0 Å². The minimum Gasteiger partial charge on any atom is -0.381 e. The Labute approximate surface area is 56.7 Å². The highest BCUT2D eigenvalue weighted by Crippen LogP contribution is 2.19. The van der Waals surface area contributed by atoms with Crippen LogP contribution in [0, 0.1) is 5.92 Å². The quantitative estimate of drug-likeness (QED) is 0.488. The van der Waals surface area contributed by atoms with Crippen molar-refractivity contribution in [2.24, 2.45) is 5.92 Å². The van der Waals surface area contributed by atoms with Gasteiger partial charge in [0.25, 0.3) is 0 Å². The fraction of sp³-hybridized carbons (Fsp3) is 0.750. The first kappa shape index (κ1) is 6.81. The van der Waals surface area contributed by atoms with Gasteiger partial charge in [0.15, 0.2) is 0 Å². The molecule has 0 aromatic carbocycles. The van der Waals surface area contributed by atoms with Gasteiger partial charge in [-0.05, 0) is 12.8 Å². The summed E-state index contributed by atoms with van der Waals surface area (Å²) in [5, 5.41) is 0. The molecular formula is C8H14O. The van der Waals surface area contributed by atoms with Crippen LogP contribution in [0.25, 0.3) is 0 Å². The van der Waals surface area contributed by atoms with Crippen molar-refractivity contribution in [3.8, 4) is 0 Å². The van der Waals surface area contributed by atoms with Gasteiger partial charge < -0.3 is 4.74 Å². The predicted molar refractivity (Wildman–Crippen MR) is 38.3 cm³/mol. The second kappa shape index (κ2) is 3.02. The zero-order valence-electron chi connectivity index (χ0n) is 6.13. The molecular weight excluding hydrogens is 112 g/mol. The highest BCUT2D eigenvalue weighted by molar-refractivity contribution is 4.95. The standard InChI is InChI=1S/C8H14O/c1-7-5-3-4-6-8(7)9-2/h3,5,7-8H,4,6H2,1-2H3. The van der Waals surface area contributed by atoms with E-state index in [1.165, 1.54) is 12.8 Å². The molecule has 0 N–H and O–H groups in total. The summed E-state index contributed by atoms with van der Waals surface area (Å²) in [5.41, 5.74) is 0. The number of methoxy groups -OCH3 is 1. The normalized spacial score (nSPS) is 34.9. The summed E-state index contributed by atoms with van der Waals surface area (Å²) in [7, 11) is 1.79. The minimum absolute atomic E-state index is 0.468. The molecule has 0 saturated heterocycles. The Balaban J connectivity index is 2.44. The molecule has 0 fully saturated rings. The average molecular weight is 126 g/mol. The van der Waals surface area contributed by atoms with E-state index in [-0.39, 0.29) is 0 Å². The number of allylic oxidation sites excluding steroid dienone is 1. The predicted octanol–water partition coefficient (Wildman–Crippen LogP) is 1.99. The molecule has 0 spiro atoms. The van der Waals surface area contributed by atoms with Crippen molar-refractivity contribution in [3.05, 3.63) is 12.2 Å². The Hall–Kier alpha value is -0.300. The molecule has 1 aliphatic rings. The molecule has 1 heteroatoms. The van der Waals surface area contributed by atoms with Gasteiger partial charge in [0.2, 0.25) is 0 Å². The molecule has 9 heavy (non-hydrogen) atoms. The summed E-state index contributed by atoms with van der Waals surface area (Å²) in [6.07, 6.45) is 7.31. The van der Waals surface area contributed by atoms with Gasteiger partial charge in [0, 0.05) is 13.0 Å². The number of hydrogen-bond donors (Lipinski definition) is 0. The Morgan fingerprint density at radius 1 is 1.56 bits per heavy atom. The van der Waals surface area contributed by atoms with Gasteiger partial charge in [-0.3, -0.25) is 0 Å². The molecule has 0 bridgehead atoms. The highest BCUT2D eigenvalue weighted by atomic mass is 16.5. The third kappa shape index (κ3) is 1.55. The molecule has 0 saturated carbocycles. The van der Waals surface area contributed by atoms with Crippen molar-refractivity contribution in [2.75, 3.05) is 7.11 Å². The second-order valence-corrected chi connectivity index (χ2v) is 2.64. The van der Waals surface area contributed by atoms with Gasteiger partial charge in [-0.1, -0.05) is 19.1 Å². The van der Waals surface area contributed by atoms with Crippen LogP contribution >= 0.6 is 0 Å². The largest absolute Gasteiger partial charge is 0.381 e. The fourth-order valence-corrected chi connectivity index (χ4v) is 1.29. The van der Waals surface area contributed by atoms with Crippen LogP contribution in [-0.4, -0.2) is 13.2 Å². The summed E-state index contributed by atoms with van der Waals surface area (Å²) >= 11 is 0. The Bertz CT molecular complexity index is 107. The molecule has 0 heterocycles. The van der Waals surface area contributed by atoms with Crippen molar-refractivity contribution in [1.82, 2.24) is 0 Å². The van der Waals surface area contributed by atoms with Gasteiger partial charge in [-0.15, -0.1) is 0 Å². The van der Waals surface area contributed by atoms with E-state index in [1.54, 1.807) is 7.11 Å². The Morgan fingerprint density at radius 3 is 2.78 bits per heavy atom. The molecule has 0 radical (unpaired) electrons. The van der Waals surface area contributed by atoms with Crippen LogP contribution in [0.2, 0.25) is 0 Å². The maximum absolute atomic E-state index is 5.25. The third-order valence-electron chi connectivity index (χ3n) is 1.95. The molecule has 0 amide bonds.